The molecule has 0 bridgehead atoms. The normalized spacial score (nSPS) is 21.5. The summed E-state index contributed by atoms with van der Waals surface area (Å²) in [5.41, 5.74) is 0. The number of amides is 1. The van der Waals surface area contributed by atoms with Crippen molar-refractivity contribution in [1.82, 2.24) is 5.32 Å². The maximum absolute atomic E-state index is 11.2. The molecule has 0 aromatic heterocycles. The van der Waals surface area contributed by atoms with Crippen LogP contribution in [0, 0.1) is 0 Å². The molecule has 0 saturated carbocycles. The number of nitrogens with one attached hydrogen (secondary N) is 1. The van der Waals surface area contributed by atoms with Gasteiger partial charge in [0.05, 0.1) is 5.75 Å². The van der Waals surface area contributed by atoms with Crippen LogP contribution in [0.15, 0.2) is 4.99 Å². The van der Waals surface area contributed by atoms with Crippen molar-refractivity contribution in [2.75, 3.05) is 11.5 Å². The van der Waals surface area contributed by atoms with Crippen LogP contribution in [0.2, 0.25) is 0 Å². The number of thioether (sulfide) groups is 1. The van der Waals surface area contributed by atoms with Gasteiger partial charge in [0.25, 0.3) is 0 Å². The molecule has 0 fully saturated rings. The maximum atomic E-state index is 11.2. The van der Waals surface area contributed by atoms with Gasteiger partial charge in [-0.3, -0.25) is 9.79 Å². The van der Waals surface area contributed by atoms with Gasteiger partial charge in [-0.25, -0.2) is 0 Å². The second kappa shape index (κ2) is 5.27. The van der Waals surface area contributed by atoms with Crippen molar-refractivity contribution in [1.29, 1.82) is 0 Å². The molecule has 1 aliphatic heterocycles. The van der Waals surface area contributed by atoms with Gasteiger partial charge in [0.15, 0.2) is 0 Å². The minimum atomic E-state index is -0.128. The zero-order chi connectivity index (χ0) is 9.68. The monoisotopic (exact) mass is 200 g/mol. The molecule has 1 heterocycles. The number of aliphatic imine (C=N–C) groups is 1. The fraction of sp³-hybridized carbons (Fsp3) is 0.778. The van der Waals surface area contributed by atoms with E-state index in [9.17, 15) is 4.79 Å². The molecule has 4 heteroatoms. The molecule has 0 spiro atoms. The fourth-order valence-corrected chi connectivity index (χ4v) is 1.94. The van der Waals surface area contributed by atoms with Crippen molar-refractivity contribution >= 4 is 23.5 Å². The highest BCUT2D eigenvalue weighted by Crippen LogP contribution is 2.09. The largest absolute Gasteiger partial charge is 0.312 e. The van der Waals surface area contributed by atoms with E-state index in [0.717, 1.165) is 23.8 Å². The summed E-state index contributed by atoms with van der Waals surface area (Å²) in [5, 5.41) is 2.80. The molecule has 3 nitrogen and oxygen atoms in total. The first kappa shape index (κ1) is 10.6. The second-order valence-electron chi connectivity index (χ2n) is 3.04. The highest BCUT2D eigenvalue weighted by molar-refractivity contribution is 7.99. The van der Waals surface area contributed by atoms with Crippen LogP contribution in [0.3, 0.4) is 0 Å². The third kappa shape index (κ3) is 3.03. The minimum absolute atomic E-state index is 0.0644. The Kier molecular flexibility index (Phi) is 4.28. The van der Waals surface area contributed by atoms with Crippen LogP contribution >= 0.6 is 11.8 Å². The lowest BCUT2D eigenvalue weighted by atomic mass is 10.2. The lowest BCUT2D eigenvalue weighted by Crippen LogP contribution is -2.29. The van der Waals surface area contributed by atoms with Gasteiger partial charge in [0.1, 0.15) is 11.9 Å². The molecule has 1 aliphatic rings. The molecule has 0 radical (unpaired) electrons. The predicted molar refractivity (Wildman–Crippen MR) is 57.3 cm³/mol. The Morgan fingerprint density at radius 2 is 2.31 bits per heavy atom. The number of hydrogen-bond acceptors (Lipinski definition) is 3. The number of nitrogens with zero attached hydrogens (tertiary/aromatic N) is 1. The average molecular weight is 200 g/mol. The third-order valence-corrected chi connectivity index (χ3v) is 3.03. The van der Waals surface area contributed by atoms with Gasteiger partial charge in [0.2, 0.25) is 5.91 Å². The zero-order valence-electron chi connectivity index (χ0n) is 8.17. The molecule has 0 saturated heterocycles. The summed E-state index contributed by atoms with van der Waals surface area (Å²) in [4.78, 5) is 15.5. The summed E-state index contributed by atoms with van der Waals surface area (Å²) in [7, 11) is 0. The topological polar surface area (TPSA) is 41.5 Å². The summed E-state index contributed by atoms with van der Waals surface area (Å²) in [6, 6.07) is -0.128. The summed E-state index contributed by atoms with van der Waals surface area (Å²) in [6.45, 7) is 4.13. The van der Waals surface area contributed by atoms with Crippen molar-refractivity contribution in [2.45, 2.75) is 32.7 Å². The van der Waals surface area contributed by atoms with Crippen LogP contribution in [0.5, 0.6) is 0 Å². The van der Waals surface area contributed by atoms with E-state index in [2.05, 4.69) is 17.2 Å². The average Bonchev–Trinajstić information content (AvgIpc) is 2.47. The molecule has 1 rings (SSSR count). The summed E-state index contributed by atoms with van der Waals surface area (Å²) < 4.78 is 0. The fourth-order valence-electron chi connectivity index (χ4n) is 1.17. The predicted octanol–water partition coefficient (Wildman–Crippen LogP) is 1.44. The Balaban J connectivity index is 2.32. The molecular weight excluding hydrogens is 184 g/mol. The van der Waals surface area contributed by atoms with Gasteiger partial charge in [-0.05, 0) is 18.6 Å². The number of rotatable bonds is 5. The first-order valence-corrected chi connectivity index (χ1v) is 5.88. The van der Waals surface area contributed by atoms with Crippen molar-refractivity contribution in [3.8, 4) is 0 Å². The molecule has 0 aromatic carbocycles. The van der Waals surface area contributed by atoms with Gasteiger partial charge >= 0.3 is 0 Å². The molecule has 1 N–H and O–H groups in total. The molecule has 0 aliphatic carbocycles. The van der Waals surface area contributed by atoms with E-state index in [4.69, 9.17) is 0 Å². The van der Waals surface area contributed by atoms with E-state index in [1.54, 1.807) is 0 Å². The van der Waals surface area contributed by atoms with Crippen LogP contribution in [-0.4, -0.2) is 29.3 Å². The Bertz CT molecular complexity index is 216. The molecule has 1 unspecified atom stereocenters. The van der Waals surface area contributed by atoms with Crippen LogP contribution in [-0.2, 0) is 4.79 Å². The zero-order valence-corrected chi connectivity index (χ0v) is 8.99. The number of hydrogen-bond donors (Lipinski definition) is 1. The SMILES string of the molecule is CCCSCC1=NC(CC)C(=O)N1. The summed E-state index contributed by atoms with van der Waals surface area (Å²) in [6.07, 6.45) is 1.97. The van der Waals surface area contributed by atoms with E-state index in [0.29, 0.717) is 0 Å². The molecule has 1 amide bonds. The minimum Gasteiger partial charge on any atom is -0.312 e. The Hall–Kier alpha value is -0.510. The molecular formula is C9H16N2OS. The van der Waals surface area contributed by atoms with Gasteiger partial charge < -0.3 is 5.32 Å². The van der Waals surface area contributed by atoms with Gasteiger partial charge in [-0.1, -0.05) is 13.8 Å². The molecule has 74 valence electrons. The van der Waals surface area contributed by atoms with Gasteiger partial charge in [-0.15, -0.1) is 0 Å². The lowest BCUT2D eigenvalue weighted by molar-refractivity contribution is -0.120. The van der Waals surface area contributed by atoms with Crippen molar-refractivity contribution in [2.24, 2.45) is 4.99 Å². The maximum Gasteiger partial charge on any atom is 0.250 e. The summed E-state index contributed by atoms with van der Waals surface area (Å²) >= 11 is 1.82. The summed E-state index contributed by atoms with van der Waals surface area (Å²) in [5.74, 6) is 2.90. The molecule has 1 atom stereocenters. The van der Waals surface area contributed by atoms with E-state index >= 15 is 0 Å². The standard InChI is InChI=1S/C9H16N2OS/c1-3-5-13-6-8-10-7(4-2)9(12)11-8/h7H,3-6H2,1-2H3,(H,10,11,12). The van der Waals surface area contributed by atoms with Crippen LogP contribution in [0.25, 0.3) is 0 Å². The second-order valence-corrected chi connectivity index (χ2v) is 4.15. The van der Waals surface area contributed by atoms with Crippen LogP contribution in [0.1, 0.15) is 26.7 Å². The van der Waals surface area contributed by atoms with Crippen LogP contribution < -0.4 is 5.32 Å². The Morgan fingerprint density at radius 3 is 2.85 bits per heavy atom. The van der Waals surface area contributed by atoms with Gasteiger partial charge in [0, 0.05) is 0 Å². The van der Waals surface area contributed by atoms with Crippen molar-refractivity contribution in [3.05, 3.63) is 0 Å². The highest BCUT2D eigenvalue weighted by Gasteiger charge is 2.23. The Morgan fingerprint density at radius 1 is 1.54 bits per heavy atom. The lowest BCUT2D eigenvalue weighted by Gasteiger charge is -1.98. The van der Waals surface area contributed by atoms with Gasteiger partial charge in [-0.2, -0.15) is 11.8 Å². The first-order chi connectivity index (χ1) is 6.27. The highest BCUT2D eigenvalue weighted by atomic mass is 32.2. The number of carbonyl (C=O) groups is 1. The molecule has 13 heavy (non-hydrogen) atoms. The van der Waals surface area contributed by atoms with E-state index in [1.165, 1.54) is 6.42 Å². The third-order valence-electron chi connectivity index (χ3n) is 1.86. The smallest absolute Gasteiger partial charge is 0.250 e. The first-order valence-electron chi connectivity index (χ1n) is 4.73. The number of carbonyl (C=O) groups excluding carboxylic acids is 1. The van der Waals surface area contributed by atoms with Crippen molar-refractivity contribution in [3.63, 3.8) is 0 Å². The van der Waals surface area contributed by atoms with E-state index in [1.807, 2.05) is 18.7 Å². The van der Waals surface area contributed by atoms with E-state index < -0.39 is 0 Å². The van der Waals surface area contributed by atoms with Crippen LogP contribution in [0.4, 0.5) is 0 Å². The Labute approximate surface area is 83.4 Å². The number of amidine groups is 1. The van der Waals surface area contributed by atoms with E-state index in [-0.39, 0.29) is 11.9 Å². The molecule has 0 aromatic rings. The quantitative estimate of drug-likeness (QED) is 0.682. The van der Waals surface area contributed by atoms with Crippen molar-refractivity contribution < 1.29 is 4.79 Å².